The summed E-state index contributed by atoms with van der Waals surface area (Å²) in [5, 5.41) is 24.0. The minimum atomic E-state index is -1.64. The maximum atomic E-state index is 14.5. The van der Waals surface area contributed by atoms with Crippen LogP contribution in [0.2, 0.25) is 0 Å². The number of fused-ring (bicyclic) bond motifs is 1. The van der Waals surface area contributed by atoms with Gasteiger partial charge in [-0.2, -0.15) is 0 Å². The fourth-order valence-corrected chi connectivity index (χ4v) is 10.3. The van der Waals surface area contributed by atoms with Crippen LogP contribution in [0.1, 0.15) is 108 Å². The van der Waals surface area contributed by atoms with Crippen molar-refractivity contribution in [2.24, 2.45) is 23.7 Å². The van der Waals surface area contributed by atoms with Gasteiger partial charge in [0.1, 0.15) is 29.7 Å². The van der Waals surface area contributed by atoms with E-state index in [1.807, 2.05) is 67.5 Å². The number of rotatable bonds is 11. The van der Waals surface area contributed by atoms with Crippen LogP contribution in [0.4, 0.5) is 0 Å². The Morgan fingerprint density at radius 1 is 0.965 bits per heavy atom. The van der Waals surface area contributed by atoms with Crippen LogP contribution in [0.15, 0.2) is 0 Å². The molecule has 4 saturated heterocycles. The number of methoxy groups -OCH3 is 2. The summed E-state index contributed by atoms with van der Waals surface area (Å²) in [5.74, 6) is -3.65. The molecule has 19 atom stereocenters. The molecule has 330 valence electrons. The van der Waals surface area contributed by atoms with E-state index in [1.54, 1.807) is 27.9 Å². The predicted octanol–water partition coefficient (Wildman–Crippen LogP) is 3.81. The number of carbonyl (C=O) groups is 3. The second-order valence-electron chi connectivity index (χ2n) is 18.3. The highest BCUT2D eigenvalue weighted by Crippen LogP contribution is 2.54. The van der Waals surface area contributed by atoms with E-state index in [0.29, 0.717) is 12.8 Å². The molecule has 15 heteroatoms. The molecular formula is C42H73NO14. The van der Waals surface area contributed by atoms with E-state index < -0.39 is 101 Å². The van der Waals surface area contributed by atoms with E-state index in [4.69, 9.17) is 42.6 Å². The van der Waals surface area contributed by atoms with Crippen LogP contribution in [0.5, 0.6) is 0 Å². The van der Waals surface area contributed by atoms with Crippen molar-refractivity contribution < 1.29 is 67.2 Å². The first-order chi connectivity index (χ1) is 26.4. The third-order valence-corrected chi connectivity index (χ3v) is 13.7. The van der Waals surface area contributed by atoms with Gasteiger partial charge in [-0.25, -0.2) is 0 Å². The molecule has 57 heavy (non-hydrogen) atoms. The molecule has 0 aromatic rings. The lowest BCUT2D eigenvalue weighted by Gasteiger charge is -2.50. The fourth-order valence-electron chi connectivity index (χ4n) is 10.3. The molecule has 0 bridgehead atoms. The summed E-state index contributed by atoms with van der Waals surface area (Å²) in [6, 6.07) is -0.260. The Bertz CT molecular complexity index is 1380. The van der Waals surface area contributed by atoms with Gasteiger partial charge in [0, 0.05) is 51.9 Å². The van der Waals surface area contributed by atoms with Crippen LogP contribution in [0, 0.1) is 23.7 Å². The number of carbonyl (C=O) groups excluding carboxylic acids is 3. The summed E-state index contributed by atoms with van der Waals surface area (Å²) >= 11 is 0. The minimum Gasteiger partial charge on any atom is -0.459 e. The average Bonchev–Trinajstić information content (AvgIpc) is 3.83. The van der Waals surface area contributed by atoms with Crippen molar-refractivity contribution in [2.75, 3.05) is 28.3 Å². The number of esters is 2. The number of ether oxygens (including phenoxy) is 9. The first-order valence-corrected chi connectivity index (χ1v) is 20.7. The topological polar surface area (TPSA) is 181 Å². The lowest BCUT2D eigenvalue weighted by molar-refractivity contribution is -0.320. The van der Waals surface area contributed by atoms with E-state index in [-0.39, 0.29) is 43.4 Å². The van der Waals surface area contributed by atoms with Crippen LogP contribution in [-0.2, 0) is 57.0 Å². The quantitative estimate of drug-likeness (QED) is 0.175. The molecule has 4 heterocycles. The van der Waals surface area contributed by atoms with E-state index in [1.165, 1.54) is 14.0 Å². The largest absolute Gasteiger partial charge is 0.459 e. The number of aliphatic hydroxyl groups excluding tert-OH is 1. The zero-order valence-electron chi connectivity index (χ0n) is 37.0. The molecule has 4 aliphatic heterocycles. The fraction of sp³-hybridized carbons (Fsp3) is 0.929. The number of hydrogen-bond donors (Lipinski definition) is 2. The van der Waals surface area contributed by atoms with Gasteiger partial charge in [-0.15, -0.1) is 0 Å². The van der Waals surface area contributed by atoms with Crippen molar-refractivity contribution in [3.63, 3.8) is 0 Å². The van der Waals surface area contributed by atoms with Gasteiger partial charge < -0.3 is 62.5 Å². The van der Waals surface area contributed by atoms with E-state index in [9.17, 15) is 24.6 Å². The van der Waals surface area contributed by atoms with E-state index >= 15 is 0 Å². The van der Waals surface area contributed by atoms with Crippen LogP contribution >= 0.6 is 0 Å². The molecule has 0 saturated carbocycles. The standard InChI is InChI=1S/C42H73NO14/c1-16-30-41(10,48)29(17-18-44)42(11)34(57-42)22(2)20-39(8,49-14)35(56-38-32(46)28(43(12)13)19-23(3)51-38)24(4)33(25(5)37(47)54-30)55-31-21-40(9,50-15)36(26(6)52-31)53-27(7)45/h18,22-26,28-36,38,46,48H,16-17,19-21H2,1-15H3/t22-,23-,24-,25-,26+,28+,29-,30-,31?,32-,33+,34?,35-,36+,38+,39-,40-,41+,42?/m1/s1. The monoisotopic (exact) mass is 816 g/mol. The molecule has 0 spiro atoms. The lowest BCUT2D eigenvalue weighted by Crippen LogP contribution is -2.61. The lowest BCUT2D eigenvalue weighted by atomic mass is 9.70. The first kappa shape index (κ1) is 47.9. The van der Waals surface area contributed by atoms with Crippen molar-refractivity contribution in [2.45, 2.75) is 198 Å². The Labute approximate surface area is 340 Å². The van der Waals surface area contributed by atoms with Crippen molar-refractivity contribution in [3.05, 3.63) is 0 Å². The smallest absolute Gasteiger partial charge is 0.311 e. The average molecular weight is 816 g/mol. The minimum absolute atomic E-state index is 0.0156. The molecule has 4 aliphatic rings. The molecule has 0 aliphatic carbocycles. The molecule has 2 N–H and O–H groups in total. The number of hydrogen-bond acceptors (Lipinski definition) is 15. The van der Waals surface area contributed by atoms with Gasteiger partial charge in [-0.3, -0.25) is 9.59 Å². The Morgan fingerprint density at radius 2 is 1.58 bits per heavy atom. The van der Waals surface area contributed by atoms with Crippen molar-refractivity contribution in [3.8, 4) is 0 Å². The van der Waals surface area contributed by atoms with Crippen molar-refractivity contribution in [1.29, 1.82) is 0 Å². The highest BCUT2D eigenvalue weighted by molar-refractivity contribution is 5.73. The molecule has 15 nitrogen and oxygen atoms in total. The predicted molar refractivity (Wildman–Crippen MR) is 208 cm³/mol. The van der Waals surface area contributed by atoms with Crippen LogP contribution in [0.25, 0.3) is 0 Å². The number of aldehydes is 1. The van der Waals surface area contributed by atoms with Gasteiger partial charge in [-0.05, 0) is 87.7 Å². The Balaban J connectivity index is 1.87. The molecule has 3 unspecified atom stereocenters. The van der Waals surface area contributed by atoms with Gasteiger partial charge in [0.05, 0.1) is 47.6 Å². The van der Waals surface area contributed by atoms with Crippen LogP contribution in [-0.4, -0.2) is 152 Å². The van der Waals surface area contributed by atoms with Crippen molar-refractivity contribution in [1.82, 2.24) is 4.90 Å². The van der Waals surface area contributed by atoms with Gasteiger partial charge in [-0.1, -0.05) is 20.8 Å². The third kappa shape index (κ3) is 9.89. The number of likely N-dealkylation sites (N-methyl/N-ethyl adjacent to an activating group) is 1. The maximum Gasteiger partial charge on any atom is 0.311 e. The molecule has 0 radical (unpaired) electrons. The summed E-state index contributed by atoms with van der Waals surface area (Å²) in [5.41, 5.74) is -4.66. The molecule has 4 rings (SSSR count). The summed E-state index contributed by atoms with van der Waals surface area (Å²) < 4.78 is 57.3. The molecular weight excluding hydrogens is 742 g/mol. The second kappa shape index (κ2) is 18.4. The van der Waals surface area contributed by atoms with Gasteiger partial charge in [0.15, 0.2) is 18.7 Å². The second-order valence-corrected chi connectivity index (χ2v) is 18.3. The SMILES string of the molecule is CC[C@H]1OC(=O)[C@H](C)[C@@H](OC2C[C@@](C)(OC)[C@@H](OC(C)=O)[C@H](C)O2)[C@@H](C)[C@@H](O[C@@H]2O[C@H](C)C[C@H](N(C)C)[C@H]2O)[C@](C)(OC)C[C@@H](C)C2OC2(C)[C@H](CC=O)[C@]1(C)O. The number of epoxide rings is 1. The maximum absolute atomic E-state index is 14.5. The Morgan fingerprint density at radius 3 is 2.12 bits per heavy atom. The van der Waals surface area contributed by atoms with Crippen LogP contribution < -0.4 is 0 Å². The zero-order chi connectivity index (χ0) is 43.0. The van der Waals surface area contributed by atoms with Crippen molar-refractivity contribution >= 4 is 18.2 Å². The Kier molecular flexibility index (Phi) is 15.5. The van der Waals surface area contributed by atoms with E-state index in [2.05, 4.69) is 0 Å². The van der Waals surface area contributed by atoms with Crippen LogP contribution in [0.3, 0.4) is 0 Å². The third-order valence-electron chi connectivity index (χ3n) is 13.7. The summed E-state index contributed by atoms with van der Waals surface area (Å²) in [4.78, 5) is 40.7. The van der Waals surface area contributed by atoms with Gasteiger partial charge in [0.25, 0.3) is 0 Å². The summed E-state index contributed by atoms with van der Waals surface area (Å²) in [7, 11) is 6.94. The van der Waals surface area contributed by atoms with Gasteiger partial charge >= 0.3 is 11.9 Å². The highest BCUT2D eigenvalue weighted by atomic mass is 16.7. The number of cyclic esters (lactones) is 1. The highest BCUT2D eigenvalue weighted by Gasteiger charge is 2.66. The van der Waals surface area contributed by atoms with E-state index in [0.717, 1.165) is 6.29 Å². The number of aliphatic hydroxyl groups is 2. The first-order valence-electron chi connectivity index (χ1n) is 20.7. The molecule has 4 fully saturated rings. The van der Waals surface area contributed by atoms with Gasteiger partial charge in [0.2, 0.25) is 0 Å². The summed E-state index contributed by atoms with van der Waals surface area (Å²) in [6.45, 7) is 19.7. The zero-order valence-corrected chi connectivity index (χ0v) is 37.0. The normalized spacial score (nSPS) is 48.7. The molecule has 0 amide bonds. The molecule has 0 aromatic carbocycles. The summed E-state index contributed by atoms with van der Waals surface area (Å²) in [6.07, 6.45) is -5.74. The Hall–Kier alpha value is -1.79. The number of nitrogens with zero attached hydrogens (tertiary/aromatic N) is 1. The molecule has 0 aromatic heterocycles.